The highest BCUT2D eigenvalue weighted by atomic mass is 79.9. The predicted octanol–water partition coefficient (Wildman–Crippen LogP) is 6.89. The Morgan fingerprint density at radius 1 is 0.950 bits per heavy atom. The first kappa shape index (κ1) is 16.3. The van der Waals surface area contributed by atoms with E-state index in [4.69, 9.17) is 0 Å². The molecule has 20 heavy (non-hydrogen) atoms. The molecule has 0 saturated heterocycles. The van der Waals surface area contributed by atoms with Crippen LogP contribution in [0, 0.1) is 5.92 Å². The predicted molar refractivity (Wildman–Crippen MR) is 97.6 cm³/mol. The molecule has 106 valence electrons. The molecule has 0 aliphatic heterocycles. The van der Waals surface area contributed by atoms with Gasteiger partial charge in [0, 0.05) is 8.95 Å². The third kappa shape index (κ3) is 4.19. The average molecular weight is 461 g/mol. The van der Waals surface area contributed by atoms with E-state index in [1.807, 2.05) is 0 Å². The molecular weight excluding hydrogens is 444 g/mol. The van der Waals surface area contributed by atoms with Crippen LogP contribution in [-0.4, -0.2) is 0 Å². The molecule has 1 unspecified atom stereocenters. The maximum Gasteiger partial charge on any atom is 0.0655 e. The molecule has 0 aliphatic carbocycles. The summed E-state index contributed by atoms with van der Waals surface area (Å²) in [5.41, 5.74) is 3.92. The van der Waals surface area contributed by atoms with Crippen molar-refractivity contribution in [3.05, 3.63) is 68.1 Å². The van der Waals surface area contributed by atoms with Crippen molar-refractivity contribution in [2.45, 2.75) is 25.1 Å². The smallest absolute Gasteiger partial charge is 0.0655 e. The van der Waals surface area contributed by atoms with Crippen molar-refractivity contribution < 1.29 is 0 Å². The number of halogens is 3. The van der Waals surface area contributed by atoms with E-state index in [0.717, 1.165) is 15.4 Å². The van der Waals surface area contributed by atoms with Gasteiger partial charge in [0.2, 0.25) is 0 Å². The highest BCUT2D eigenvalue weighted by Gasteiger charge is 2.13. The highest BCUT2D eigenvalue weighted by molar-refractivity contribution is 9.11. The molecule has 0 radical (unpaired) electrons. The summed E-state index contributed by atoms with van der Waals surface area (Å²) in [6.45, 7) is 4.50. The lowest BCUT2D eigenvalue weighted by molar-refractivity contribution is 0.647. The Balaban J connectivity index is 2.22. The second kappa shape index (κ2) is 7.24. The molecule has 2 rings (SSSR count). The van der Waals surface area contributed by atoms with Crippen molar-refractivity contribution in [1.29, 1.82) is 0 Å². The normalized spacial score (nSPS) is 12.7. The fourth-order valence-electron chi connectivity index (χ4n) is 2.18. The van der Waals surface area contributed by atoms with Gasteiger partial charge in [0.05, 0.1) is 4.83 Å². The molecule has 0 N–H and O–H groups in total. The van der Waals surface area contributed by atoms with Gasteiger partial charge < -0.3 is 0 Å². The largest absolute Gasteiger partial charge is 0.0786 e. The van der Waals surface area contributed by atoms with Gasteiger partial charge in [0.1, 0.15) is 0 Å². The maximum absolute atomic E-state index is 3.80. The first-order chi connectivity index (χ1) is 9.47. The Kier molecular flexibility index (Phi) is 5.88. The van der Waals surface area contributed by atoms with Crippen molar-refractivity contribution in [1.82, 2.24) is 0 Å². The first-order valence-corrected chi connectivity index (χ1v) is 9.15. The topological polar surface area (TPSA) is 0 Å². The first-order valence-electron chi connectivity index (χ1n) is 6.65. The van der Waals surface area contributed by atoms with Crippen molar-refractivity contribution in [3.8, 4) is 0 Å². The van der Waals surface area contributed by atoms with Gasteiger partial charge in [-0.3, -0.25) is 0 Å². The van der Waals surface area contributed by atoms with Gasteiger partial charge in [0.25, 0.3) is 0 Å². The molecule has 0 amide bonds. The summed E-state index contributed by atoms with van der Waals surface area (Å²) in [5.74, 6) is 0.696. The molecule has 0 spiro atoms. The number of hydrogen-bond acceptors (Lipinski definition) is 0. The van der Waals surface area contributed by atoms with Crippen molar-refractivity contribution in [3.63, 3.8) is 0 Å². The van der Waals surface area contributed by atoms with Gasteiger partial charge in [-0.25, -0.2) is 0 Å². The zero-order valence-corrected chi connectivity index (χ0v) is 16.3. The Bertz CT molecular complexity index is 573. The third-order valence-corrected chi connectivity index (χ3v) is 5.35. The zero-order chi connectivity index (χ0) is 14.7. The van der Waals surface area contributed by atoms with Crippen LogP contribution in [0.25, 0.3) is 0 Å². The van der Waals surface area contributed by atoms with Crippen LogP contribution >= 0.6 is 47.8 Å². The summed E-state index contributed by atoms with van der Waals surface area (Å²) in [5, 5.41) is 0. The standard InChI is InChI=1S/C17H17Br3/c1-11(2)9-12-3-5-13(6-4-12)17(20)15-8-7-14(18)10-16(15)19/h3-8,10-11,17H,9H2,1-2H3. The Morgan fingerprint density at radius 3 is 2.15 bits per heavy atom. The van der Waals surface area contributed by atoms with Crippen LogP contribution in [0.2, 0.25) is 0 Å². The van der Waals surface area contributed by atoms with Gasteiger partial charge in [-0.1, -0.05) is 92.0 Å². The summed E-state index contributed by atoms with van der Waals surface area (Å²) in [6, 6.07) is 15.2. The van der Waals surface area contributed by atoms with Crippen molar-refractivity contribution in [2.75, 3.05) is 0 Å². The van der Waals surface area contributed by atoms with Crippen LogP contribution in [0.5, 0.6) is 0 Å². The monoisotopic (exact) mass is 458 g/mol. The number of rotatable bonds is 4. The highest BCUT2D eigenvalue weighted by Crippen LogP contribution is 2.36. The minimum absolute atomic E-state index is 0.207. The summed E-state index contributed by atoms with van der Waals surface area (Å²) in [4.78, 5) is 0.207. The molecule has 0 fully saturated rings. The fraction of sp³-hybridized carbons (Fsp3) is 0.294. The van der Waals surface area contributed by atoms with E-state index in [1.54, 1.807) is 0 Å². The second-order valence-corrected chi connectivity index (χ2v) is 8.05. The SMILES string of the molecule is CC(C)Cc1ccc(C(Br)c2ccc(Br)cc2Br)cc1. The van der Waals surface area contributed by atoms with Gasteiger partial charge in [-0.05, 0) is 41.2 Å². The Hall–Kier alpha value is -0.120. The van der Waals surface area contributed by atoms with Crippen LogP contribution in [0.1, 0.15) is 35.4 Å². The summed E-state index contributed by atoms with van der Waals surface area (Å²) in [6.07, 6.45) is 1.13. The van der Waals surface area contributed by atoms with Gasteiger partial charge in [0.15, 0.2) is 0 Å². The lowest BCUT2D eigenvalue weighted by atomic mass is 9.99. The Labute approximate surface area is 146 Å². The van der Waals surface area contributed by atoms with Crippen LogP contribution in [0.4, 0.5) is 0 Å². The minimum Gasteiger partial charge on any atom is -0.0786 e. The molecule has 1 atom stereocenters. The lowest BCUT2D eigenvalue weighted by Crippen LogP contribution is -1.97. The molecule has 0 nitrogen and oxygen atoms in total. The third-order valence-electron chi connectivity index (χ3n) is 3.15. The van der Waals surface area contributed by atoms with E-state index in [1.165, 1.54) is 16.7 Å². The van der Waals surface area contributed by atoms with E-state index < -0.39 is 0 Å². The van der Waals surface area contributed by atoms with Crippen molar-refractivity contribution in [2.24, 2.45) is 5.92 Å². The number of benzene rings is 2. The zero-order valence-electron chi connectivity index (χ0n) is 11.5. The Morgan fingerprint density at radius 2 is 1.60 bits per heavy atom. The average Bonchev–Trinajstić information content (AvgIpc) is 2.38. The van der Waals surface area contributed by atoms with Gasteiger partial charge in [-0.2, -0.15) is 0 Å². The van der Waals surface area contributed by atoms with E-state index >= 15 is 0 Å². The molecule has 0 bridgehead atoms. The molecule has 3 heteroatoms. The maximum atomic E-state index is 3.80. The second-order valence-electron chi connectivity index (χ2n) is 5.37. The quantitative estimate of drug-likeness (QED) is 0.435. The summed E-state index contributed by atoms with van der Waals surface area (Å²) in [7, 11) is 0. The van der Waals surface area contributed by atoms with E-state index in [-0.39, 0.29) is 4.83 Å². The van der Waals surface area contributed by atoms with Crippen LogP contribution in [0.15, 0.2) is 51.4 Å². The fourth-order valence-corrected chi connectivity index (χ4v) is 4.47. The van der Waals surface area contributed by atoms with Crippen LogP contribution in [0.3, 0.4) is 0 Å². The van der Waals surface area contributed by atoms with E-state index in [0.29, 0.717) is 5.92 Å². The van der Waals surface area contributed by atoms with E-state index in [2.05, 4.69) is 104 Å². The molecule has 2 aromatic carbocycles. The summed E-state index contributed by atoms with van der Waals surface area (Å²) < 4.78 is 2.19. The van der Waals surface area contributed by atoms with Crippen LogP contribution < -0.4 is 0 Å². The van der Waals surface area contributed by atoms with Gasteiger partial charge >= 0.3 is 0 Å². The number of alkyl halides is 1. The van der Waals surface area contributed by atoms with E-state index in [9.17, 15) is 0 Å². The molecule has 0 aromatic heterocycles. The summed E-state index contributed by atoms with van der Waals surface area (Å²) >= 11 is 10.9. The molecule has 0 heterocycles. The van der Waals surface area contributed by atoms with Crippen LogP contribution in [-0.2, 0) is 6.42 Å². The molecule has 2 aromatic rings. The molecule has 0 aliphatic rings. The van der Waals surface area contributed by atoms with Crippen molar-refractivity contribution >= 4 is 47.8 Å². The lowest BCUT2D eigenvalue weighted by Gasteiger charge is -2.14. The number of hydrogen-bond donors (Lipinski definition) is 0. The minimum atomic E-state index is 0.207. The molecule has 0 saturated carbocycles. The van der Waals surface area contributed by atoms with Gasteiger partial charge in [-0.15, -0.1) is 0 Å². The molecular formula is C17H17Br3.